The van der Waals surface area contributed by atoms with E-state index in [0.29, 0.717) is 12.0 Å². The van der Waals surface area contributed by atoms with Crippen molar-refractivity contribution in [1.82, 2.24) is 0 Å². The van der Waals surface area contributed by atoms with E-state index in [-0.39, 0.29) is 20.8 Å². The molecule has 2 saturated heterocycles. The van der Waals surface area contributed by atoms with Crippen molar-refractivity contribution in [2.45, 2.75) is 108 Å². The first kappa shape index (κ1) is 21.0. The zero-order valence-electron chi connectivity index (χ0n) is 17.6. The van der Waals surface area contributed by atoms with Gasteiger partial charge in [0.2, 0.25) is 6.29 Å². The van der Waals surface area contributed by atoms with E-state index in [0.717, 1.165) is 13.0 Å². The predicted molar refractivity (Wildman–Crippen MR) is 115 cm³/mol. The van der Waals surface area contributed by atoms with Crippen molar-refractivity contribution in [1.29, 1.82) is 0 Å². The van der Waals surface area contributed by atoms with Gasteiger partial charge in [0.15, 0.2) is 0 Å². The third-order valence-electron chi connectivity index (χ3n) is 6.94. The first-order valence-electron chi connectivity index (χ1n) is 11.6. The van der Waals surface area contributed by atoms with E-state index in [9.17, 15) is 0 Å². The molecule has 0 aromatic rings. The highest BCUT2D eigenvalue weighted by Gasteiger charge is 2.51. The van der Waals surface area contributed by atoms with Gasteiger partial charge in [0, 0.05) is 16.1 Å². The molecular formula is C23H40O3Si. The van der Waals surface area contributed by atoms with Gasteiger partial charge in [0.25, 0.3) is 0 Å². The van der Waals surface area contributed by atoms with Crippen molar-refractivity contribution >= 4 is 9.52 Å². The van der Waals surface area contributed by atoms with Crippen LogP contribution >= 0.6 is 0 Å². The van der Waals surface area contributed by atoms with Crippen molar-refractivity contribution in [3.63, 3.8) is 0 Å². The summed E-state index contributed by atoms with van der Waals surface area (Å²) in [4.78, 5) is 0. The summed E-state index contributed by atoms with van der Waals surface area (Å²) in [6, 6.07) is 1.40. The Morgan fingerprint density at radius 3 is 2.85 bits per heavy atom. The third-order valence-corrected chi connectivity index (χ3v) is 9.81. The normalized spacial score (nSPS) is 36.1. The highest BCUT2D eigenvalue weighted by atomic mass is 28.2. The molecule has 4 unspecified atom stereocenters. The minimum Gasteiger partial charge on any atom is -0.462 e. The van der Waals surface area contributed by atoms with Gasteiger partial charge < -0.3 is 14.2 Å². The lowest BCUT2D eigenvalue weighted by molar-refractivity contribution is -0.158. The summed E-state index contributed by atoms with van der Waals surface area (Å²) in [6.07, 6.45) is 20.1. The van der Waals surface area contributed by atoms with Crippen LogP contribution in [0.2, 0.25) is 11.1 Å². The number of ether oxygens (including phenoxy) is 3. The fourth-order valence-corrected chi connectivity index (χ4v) is 8.25. The quantitative estimate of drug-likeness (QED) is 0.530. The molecule has 27 heavy (non-hydrogen) atoms. The summed E-state index contributed by atoms with van der Waals surface area (Å²) in [7, 11) is -0.359. The van der Waals surface area contributed by atoms with Gasteiger partial charge in [-0.3, -0.25) is 0 Å². The summed E-state index contributed by atoms with van der Waals surface area (Å²) in [5, 5.41) is 0.114. The van der Waals surface area contributed by atoms with Crippen molar-refractivity contribution in [3.05, 3.63) is 24.2 Å². The SMILES string of the molecule is CCCCC1=COC(C2(C3OCCCC3CC)CCCCCC[SiH2]2)OC=C1. The molecule has 0 aromatic heterocycles. The zero-order valence-corrected chi connectivity index (χ0v) is 19.0. The molecule has 3 aliphatic heterocycles. The summed E-state index contributed by atoms with van der Waals surface area (Å²) >= 11 is 0. The highest BCUT2D eigenvalue weighted by Crippen LogP contribution is 2.51. The van der Waals surface area contributed by atoms with Crippen LogP contribution in [0.5, 0.6) is 0 Å². The van der Waals surface area contributed by atoms with Crippen LogP contribution in [0.3, 0.4) is 0 Å². The molecule has 0 radical (unpaired) electrons. The fraction of sp³-hybridized carbons (Fsp3) is 0.826. The molecule has 4 atom stereocenters. The zero-order chi connectivity index (χ0) is 19.0. The van der Waals surface area contributed by atoms with Gasteiger partial charge in [0.05, 0.1) is 23.7 Å². The lowest BCUT2D eigenvalue weighted by Gasteiger charge is -2.49. The lowest BCUT2D eigenvalue weighted by Crippen LogP contribution is -2.51. The van der Waals surface area contributed by atoms with E-state index >= 15 is 0 Å². The van der Waals surface area contributed by atoms with Crippen molar-refractivity contribution in [2.75, 3.05) is 6.61 Å². The second-order valence-electron chi connectivity index (χ2n) is 8.81. The molecular weight excluding hydrogens is 352 g/mol. The van der Waals surface area contributed by atoms with E-state index in [1.54, 1.807) is 0 Å². The van der Waals surface area contributed by atoms with Crippen LogP contribution in [0.25, 0.3) is 0 Å². The molecule has 3 heterocycles. The number of unbranched alkanes of at least 4 members (excludes halogenated alkanes) is 1. The molecule has 0 aliphatic carbocycles. The summed E-state index contributed by atoms with van der Waals surface area (Å²) < 4.78 is 19.2. The Morgan fingerprint density at radius 1 is 1.11 bits per heavy atom. The highest BCUT2D eigenvalue weighted by molar-refractivity contribution is 6.40. The van der Waals surface area contributed by atoms with Gasteiger partial charge in [-0.25, -0.2) is 0 Å². The number of hydrogen-bond acceptors (Lipinski definition) is 3. The number of rotatable bonds is 6. The smallest absolute Gasteiger partial charge is 0.244 e. The van der Waals surface area contributed by atoms with Crippen LogP contribution in [0.4, 0.5) is 0 Å². The summed E-state index contributed by atoms with van der Waals surface area (Å²) in [6.45, 7) is 5.49. The van der Waals surface area contributed by atoms with Gasteiger partial charge in [-0.1, -0.05) is 58.4 Å². The maximum absolute atomic E-state index is 6.54. The summed E-state index contributed by atoms with van der Waals surface area (Å²) in [5.74, 6) is 0.661. The van der Waals surface area contributed by atoms with Gasteiger partial charge >= 0.3 is 0 Å². The van der Waals surface area contributed by atoms with Crippen molar-refractivity contribution < 1.29 is 14.2 Å². The first-order valence-corrected chi connectivity index (χ1v) is 13.3. The predicted octanol–water partition coefficient (Wildman–Crippen LogP) is 5.86. The molecule has 3 nitrogen and oxygen atoms in total. The monoisotopic (exact) mass is 392 g/mol. The molecule has 0 aromatic carbocycles. The molecule has 2 fully saturated rings. The molecule has 3 rings (SSSR count). The molecule has 0 bridgehead atoms. The lowest BCUT2D eigenvalue weighted by atomic mass is 9.80. The third kappa shape index (κ3) is 5.20. The minimum atomic E-state index is -0.359. The molecule has 0 N–H and O–H groups in total. The Kier molecular flexibility index (Phi) is 8.32. The van der Waals surface area contributed by atoms with E-state index in [1.165, 1.54) is 75.8 Å². The van der Waals surface area contributed by atoms with Crippen LogP contribution in [-0.2, 0) is 14.2 Å². The largest absolute Gasteiger partial charge is 0.462 e. The first-order chi connectivity index (χ1) is 13.3. The standard InChI is InChI=1S/C23H40O3Si/c1-3-5-11-19-13-16-25-22(26-18-19)23(14-8-6-7-9-17-27-23)21-20(4-2)12-10-15-24-21/h13,16,18,20-22H,3-12,14-15,17,27H2,1-2H3. The maximum atomic E-state index is 6.54. The minimum absolute atomic E-state index is 0.114. The van der Waals surface area contributed by atoms with Crippen LogP contribution < -0.4 is 0 Å². The van der Waals surface area contributed by atoms with Crippen LogP contribution in [0.1, 0.15) is 84.5 Å². The van der Waals surface area contributed by atoms with E-state index < -0.39 is 0 Å². The van der Waals surface area contributed by atoms with Gasteiger partial charge in [-0.05, 0) is 49.7 Å². The Balaban J connectivity index is 1.85. The Morgan fingerprint density at radius 2 is 2.00 bits per heavy atom. The Hall–Kier alpha value is -0.743. The molecule has 0 saturated carbocycles. The van der Waals surface area contributed by atoms with E-state index in [1.807, 2.05) is 12.5 Å². The van der Waals surface area contributed by atoms with Crippen molar-refractivity contribution in [3.8, 4) is 0 Å². The van der Waals surface area contributed by atoms with Gasteiger partial charge in [-0.15, -0.1) is 0 Å². The fourth-order valence-electron chi connectivity index (χ4n) is 5.33. The number of hydrogen-bond donors (Lipinski definition) is 0. The van der Waals surface area contributed by atoms with Gasteiger partial charge in [-0.2, -0.15) is 0 Å². The topological polar surface area (TPSA) is 27.7 Å². The second-order valence-corrected chi connectivity index (χ2v) is 11.3. The molecule has 4 heteroatoms. The average Bonchev–Trinajstić information content (AvgIpc) is 2.93. The maximum Gasteiger partial charge on any atom is 0.244 e. The summed E-state index contributed by atoms with van der Waals surface area (Å²) in [5.41, 5.74) is 1.26. The molecule has 0 amide bonds. The molecule has 0 spiro atoms. The Bertz CT molecular complexity index is 494. The van der Waals surface area contributed by atoms with E-state index in [2.05, 4.69) is 19.9 Å². The number of allylic oxidation sites excluding steroid dienone is 2. The van der Waals surface area contributed by atoms with Crippen LogP contribution in [0.15, 0.2) is 24.2 Å². The van der Waals surface area contributed by atoms with Crippen molar-refractivity contribution in [2.24, 2.45) is 5.92 Å². The van der Waals surface area contributed by atoms with Gasteiger partial charge in [0.1, 0.15) is 0 Å². The van der Waals surface area contributed by atoms with Crippen LogP contribution in [0, 0.1) is 5.92 Å². The van der Waals surface area contributed by atoms with E-state index in [4.69, 9.17) is 14.2 Å². The Labute approximate surface area is 168 Å². The average molecular weight is 393 g/mol. The molecule has 3 aliphatic rings. The second kappa shape index (κ2) is 10.7. The van der Waals surface area contributed by atoms with Crippen LogP contribution in [-0.4, -0.2) is 28.5 Å². The molecule has 154 valence electrons.